The number of nitrogens with zero attached hydrogens (tertiary/aromatic N) is 3. The van der Waals surface area contributed by atoms with Crippen molar-refractivity contribution in [2.45, 2.75) is 6.54 Å². The Morgan fingerprint density at radius 1 is 1.43 bits per heavy atom. The van der Waals surface area contributed by atoms with Crippen LogP contribution in [0.2, 0.25) is 0 Å². The summed E-state index contributed by atoms with van der Waals surface area (Å²) in [7, 11) is 1.38. The van der Waals surface area contributed by atoms with Crippen LogP contribution in [-0.4, -0.2) is 49.1 Å². The average molecular weight is 307 g/mol. The lowest BCUT2D eigenvalue weighted by atomic mass is 10.2. The van der Waals surface area contributed by atoms with Gasteiger partial charge in [0.15, 0.2) is 5.13 Å². The Kier molecular flexibility index (Phi) is 4.21. The van der Waals surface area contributed by atoms with Crippen LogP contribution in [0.3, 0.4) is 0 Å². The van der Waals surface area contributed by atoms with Gasteiger partial charge >= 0.3 is 5.97 Å². The largest absolute Gasteiger partial charge is 0.467 e. The van der Waals surface area contributed by atoms with Gasteiger partial charge in [0.25, 0.3) is 0 Å². The molecule has 2 aromatic rings. The van der Waals surface area contributed by atoms with Crippen LogP contribution in [-0.2, 0) is 11.3 Å². The maximum absolute atomic E-state index is 11.6. The first-order valence-corrected chi connectivity index (χ1v) is 7.67. The molecule has 1 fully saturated rings. The minimum atomic E-state index is -0.347. The van der Waals surface area contributed by atoms with Gasteiger partial charge in [0.2, 0.25) is 0 Å². The lowest BCUT2D eigenvalue weighted by molar-refractivity contribution is 0.0596. The van der Waals surface area contributed by atoms with Crippen LogP contribution < -0.4 is 4.90 Å². The standard InChI is InChI=1S/C14H17N3O3S/c1-19-13(18)11-2-8-20-12(11)10-16-4-6-17(7-5-16)14-15-3-9-21-14/h2-3,8-9H,4-7,10H2,1H3. The van der Waals surface area contributed by atoms with Gasteiger partial charge in [-0.1, -0.05) is 0 Å². The third kappa shape index (κ3) is 3.08. The molecule has 0 N–H and O–H groups in total. The number of thiazole rings is 1. The molecule has 0 unspecified atom stereocenters. The molecule has 3 heterocycles. The van der Waals surface area contributed by atoms with Crippen LogP contribution >= 0.6 is 11.3 Å². The predicted octanol–water partition coefficient (Wildman–Crippen LogP) is 1.84. The van der Waals surface area contributed by atoms with Crippen LogP contribution in [0.1, 0.15) is 16.1 Å². The van der Waals surface area contributed by atoms with E-state index in [0.29, 0.717) is 17.9 Å². The highest BCUT2D eigenvalue weighted by atomic mass is 32.1. The fraction of sp³-hybridized carbons (Fsp3) is 0.429. The summed E-state index contributed by atoms with van der Waals surface area (Å²) in [5.41, 5.74) is 0.514. The number of anilines is 1. The van der Waals surface area contributed by atoms with Gasteiger partial charge in [-0.05, 0) is 6.07 Å². The number of hydrogen-bond donors (Lipinski definition) is 0. The lowest BCUT2D eigenvalue weighted by Crippen LogP contribution is -2.46. The van der Waals surface area contributed by atoms with Gasteiger partial charge in [0.05, 0.1) is 19.9 Å². The molecular formula is C14H17N3O3S. The number of piperazine rings is 1. The zero-order valence-corrected chi connectivity index (χ0v) is 12.6. The normalized spacial score (nSPS) is 16.1. The summed E-state index contributed by atoms with van der Waals surface area (Å²) in [5, 5.41) is 3.07. The Labute approximate surface area is 126 Å². The molecule has 0 aromatic carbocycles. The minimum absolute atomic E-state index is 0.347. The van der Waals surface area contributed by atoms with Gasteiger partial charge < -0.3 is 14.1 Å². The SMILES string of the molecule is COC(=O)c1ccoc1CN1CCN(c2nccs2)CC1. The number of carbonyl (C=O) groups excluding carboxylic acids is 1. The van der Waals surface area contributed by atoms with Crippen molar-refractivity contribution >= 4 is 22.4 Å². The maximum atomic E-state index is 11.6. The number of hydrogen-bond acceptors (Lipinski definition) is 7. The number of methoxy groups -OCH3 is 1. The molecule has 0 radical (unpaired) electrons. The number of rotatable bonds is 4. The molecule has 0 aliphatic carbocycles. The molecular weight excluding hydrogens is 290 g/mol. The highest BCUT2D eigenvalue weighted by Gasteiger charge is 2.22. The molecule has 112 valence electrons. The zero-order valence-electron chi connectivity index (χ0n) is 11.8. The third-order valence-electron chi connectivity index (χ3n) is 3.58. The predicted molar refractivity (Wildman–Crippen MR) is 79.7 cm³/mol. The molecule has 1 aliphatic rings. The van der Waals surface area contributed by atoms with Crippen LogP contribution in [0.4, 0.5) is 5.13 Å². The van der Waals surface area contributed by atoms with Crippen molar-refractivity contribution in [3.63, 3.8) is 0 Å². The summed E-state index contributed by atoms with van der Waals surface area (Å²) in [6.45, 7) is 4.33. The molecule has 0 atom stereocenters. The van der Waals surface area contributed by atoms with Gasteiger partial charge in [0.1, 0.15) is 11.3 Å². The molecule has 0 bridgehead atoms. The molecule has 1 aliphatic heterocycles. The van der Waals surface area contributed by atoms with Crippen molar-refractivity contribution < 1.29 is 13.9 Å². The Hall–Kier alpha value is -1.86. The van der Waals surface area contributed by atoms with E-state index in [4.69, 9.17) is 9.15 Å². The second-order valence-electron chi connectivity index (χ2n) is 4.83. The topological polar surface area (TPSA) is 58.8 Å². The average Bonchev–Trinajstić information content (AvgIpc) is 3.18. The summed E-state index contributed by atoms with van der Waals surface area (Å²) in [6.07, 6.45) is 3.37. The second-order valence-corrected chi connectivity index (χ2v) is 5.70. The lowest BCUT2D eigenvalue weighted by Gasteiger charge is -2.34. The van der Waals surface area contributed by atoms with Crippen molar-refractivity contribution in [2.24, 2.45) is 0 Å². The van der Waals surface area contributed by atoms with Gasteiger partial charge in [-0.15, -0.1) is 11.3 Å². The van der Waals surface area contributed by atoms with E-state index in [0.717, 1.165) is 31.3 Å². The number of carbonyl (C=O) groups is 1. The Balaban J connectivity index is 1.58. The summed E-state index contributed by atoms with van der Waals surface area (Å²) in [4.78, 5) is 20.5. The highest BCUT2D eigenvalue weighted by molar-refractivity contribution is 7.13. The van der Waals surface area contributed by atoms with Crippen LogP contribution in [0.5, 0.6) is 0 Å². The van der Waals surface area contributed by atoms with Gasteiger partial charge in [0, 0.05) is 37.8 Å². The van der Waals surface area contributed by atoms with Gasteiger partial charge in [-0.25, -0.2) is 9.78 Å². The first-order valence-electron chi connectivity index (χ1n) is 6.79. The first-order chi connectivity index (χ1) is 10.3. The van der Waals surface area contributed by atoms with E-state index in [9.17, 15) is 4.79 Å². The minimum Gasteiger partial charge on any atom is -0.467 e. The smallest absolute Gasteiger partial charge is 0.341 e. The molecule has 7 heteroatoms. The first kappa shape index (κ1) is 14.1. The van der Waals surface area contributed by atoms with Crippen molar-refractivity contribution in [2.75, 3.05) is 38.2 Å². The Morgan fingerprint density at radius 2 is 2.24 bits per heavy atom. The summed E-state index contributed by atoms with van der Waals surface area (Å²) in [5.74, 6) is 0.324. The van der Waals surface area contributed by atoms with E-state index < -0.39 is 0 Å². The fourth-order valence-corrected chi connectivity index (χ4v) is 3.12. The summed E-state index contributed by atoms with van der Waals surface area (Å²) >= 11 is 1.66. The van der Waals surface area contributed by atoms with Crippen molar-refractivity contribution in [1.29, 1.82) is 0 Å². The summed E-state index contributed by atoms with van der Waals surface area (Å²) < 4.78 is 10.2. The quantitative estimate of drug-likeness (QED) is 0.803. The molecule has 2 aromatic heterocycles. The third-order valence-corrected chi connectivity index (χ3v) is 4.41. The van der Waals surface area contributed by atoms with Crippen molar-refractivity contribution in [1.82, 2.24) is 9.88 Å². The molecule has 0 saturated carbocycles. The van der Waals surface area contributed by atoms with E-state index >= 15 is 0 Å². The molecule has 6 nitrogen and oxygen atoms in total. The number of furan rings is 1. The van der Waals surface area contributed by atoms with Crippen LogP contribution in [0, 0.1) is 0 Å². The van der Waals surface area contributed by atoms with Crippen LogP contribution in [0.15, 0.2) is 28.3 Å². The number of ether oxygens (including phenoxy) is 1. The van der Waals surface area contributed by atoms with Gasteiger partial charge in [-0.3, -0.25) is 4.90 Å². The van der Waals surface area contributed by atoms with E-state index in [1.165, 1.54) is 13.4 Å². The van der Waals surface area contributed by atoms with E-state index in [1.807, 2.05) is 11.6 Å². The fourth-order valence-electron chi connectivity index (χ4n) is 2.43. The monoisotopic (exact) mass is 307 g/mol. The Morgan fingerprint density at radius 3 is 2.90 bits per heavy atom. The van der Waals surface area contributed by atoms with Crippen LogP contribution in [0.25, 0.3) is 0 Å². The molecule has 1 saturated heterocycles. The zero-order chi connectivity index (χ0) is 14.7. The van der Waals surface area contributed by atoms with Gasteiger partial charge in [-0.2, -0.15) is 0 Å². The molecule has 3 rings (SSSR count). The number of esters is 1. The molecule has 0 amide bonds. The Bertz CT molecular complexity index is 588. The molecule has 21 heavy (non-hydrogen) atoms. The maximum Gasteiger partial charge on any atom is 0.341 e. The second kappa shape index (κ2) is 6.28. The van der Waals surface area contributed by atoms with E-state index in [-0.39, 0.29) is 5.97 Å². The highest BCUT2D eigenvalue weighted by Crippen LogP contribution is 2.20. The van der Waals surface area contributed by atoms with E-state index in [1.54, 1.807) is 17.4 Å². The van der Waals surface area contributed by atoms with E-state index in [2.05, 4.69) is 14.8 Å². The van der Waals surface area contributed by atoms with Crippen molar-refractivity contribution in [3.8, 4) is 0 Å². The molecule has 0 spiro atoms. The number of aromatic nitrogens is 1. The van der Waals surface area contributed by atoms with Crippen molar-refractivity contribution in [3.05, 3.63) is 35.2 Å². The summed E-state index contributed by atoms with van der Waals surface area (Å²) in [6, 6.07) is 1.66.